The largest absolute Gasteiger partial charge is 0.366 e. The van der Waals surface area contributed by atoms with Gasteiger partial charge in [-0.15, -0.1) is 0 Å². The van der Waals surface area contributed by atoms with Crippen molar-refractivity contribution in [2.24, 2.45) is 5.92 Å². The van der Waals surface area contributed by atoms with Gasteiger partial charge in [-0.25, -0.2) is 0 Å². The molecule has 20 heavy (non-hydrogen) atoms. The molecule has 0 spiro atoms. The molecule has 1 fully saturated rings. The maximum atomic E-state index is 6.13. The zero-order valence-electron chi connectivity index (χ0n) is 12.4. The Morgan fingerprint density at radius 3 is 2.60 bits per heavy atom. The van der Waals surface area contributed by atoms with Crippen molar-refractivity contribution in [2.45, 2.75) is 45.7 Å². The van der Waals surface area contributed by atoms with Gasteiger partial charge in [0.05, 0.1) is 19.8 Å². The molecule has 3 nitrogen and oxygen atoms in total. The van der Waals surface area contributed by atoms with Crippen LogP contribution in [0, 0.1) is 5.92 Å². The highest BCUT2D eigenvalue weighted by Gasteiger charge is 2.35. The van der Waals surface area contributed by atoms with Crippen molar-refractivity contribution in [3.05, 3.63) is 34.9 Å². The Balaban J connectivity index is 1.86. The Morgan fingerprint density at radius 1 is 1.35 bits per heavy atom. The zero-order chi connectivity index (χ0) is 14.6. The number of rotatable bonds is 5. The Labute approximate surface area is 126 Å². The number of hydrogen-bond acceptors (Lipinski definition) is 3. The van der Waals surface area contributed by atoms with Crippen molar-refractivity contribution in [1.82, 2.24) is 0 Å². The number of ether oxygens (including phenoxy) is 3. The molecule has 0 aliphatic carbocycles. The van der Waals surface area contributed by atoms with Gasteiger partial charge in [0.1, 0.15) is 5.60 Å². The highest BCUT2D eigenvalue weighted by Crippen LogP contribution is 2.26. The summed E-state index contributed by atoms with van der Waals surface area (Å²) in [6.07, 6.45) is 0.930. The minimum atomic E-state index is -0.414. The summed E-state index contributed by atoms with van der Waals surface area (Å²) in [5, 5.41) is 0.728. The van der Waals surface area contributed by atoms with Crippen molar-refractivity contribution in [3.8, 4) is 0 Å². The molecule has 4 heteroatoms. The van der Waals surface area contributed by atoms with E-state index < -0.39 is 5.60 Å². The molecule has 1 heterocycles. The molecule has 0 amide bonds. The van der Waals surface area contributed by atoms with E-state index in [-0.39, 0.29) is 6.29 Å². The molecule has 0 saturated carbocycles. The fourth-order valence-corrected chi connectivity index (χ4v) is 2.27. The molecule has 0 radical (unpaired) electrons. The van der Waals surface area contributed by atoms with E-state index in [1.54, 1.807) is 0 Å². The van der Waals surface area contributed by atoms with E-state index >= 15 is 0 Å². The SMILES string of the molecule is CCC(C)[C@H]1OC[C@@](C)(OCc2ccccc2Cl)CO1. The summed E-state index contributed by atoms with van der Waals surface area (Å²) in [7, 11) is 0. The van der Waals surface area contributed by atoms with Crippen molar-refractivity contribution in [2.75, 3.05) is 13.2 Å². The first-order valence-corrected chi connectivity index (χ1v) is 7.52. The topological polar surface area (TPSA) is 27.7 Å². The van der Waals surface area contributed by atoms with E-state index in [0.717, 1.165) is 17.0 Å². The molecule has 2 rings (SSSR count). The molecule has 1 aliphatic heterocycles. The van der Waals surface area contributed by atoms with Gasteiger partial charge in [0.25, 0.3) is 0 Å². The van der Waals surface area contributed by atoms with Crippen LogP contribution in [0.25, 0.3) is 0 Å². The third kappa shape index (κ3) is 3.95. The van der Waals surface area contributed by atoms with Gasteiger partial charge < -0.3 is 14.2 Å². The van der Waals surface area contributed by atoms with E-state index in [0.29, 0.717) is 25.7 Å². The molecule has 1 aromatic carbocycles. The molecule has 1 atom stereocenters. The lowest BCUT2D eigenvalue weighted by molar-refractivity contribution is -0.277. The van der Waals surface area contributed by atoms with E-state index in [4.69, 9.17) is 25.8 Å². The Bertz CT molecular complexity index is 427. The van der Waals surface area contributed by atoms with E-state index in [1.165, 1.54) is 0 Å². The molecule has 1 unspecified atom stereocenters. The average molecular weight is 299 g/mol. The summed E-state index contributed by atoms with van der Waals surface area (Å²) < 4.78 is 17.5. The molecule has 1 aromatic rings. The second-order valence-corrected chi connectivity index (χ2v) is 6.11. The molecule has 112 valence electrons. The third-order valence-electron chi connectivity index (χ3n) is 3.75. The van der Waals surface area contributed by atoms with Crippen LogP contribution in [-0.4, -0.2) is 25.1 Å². The van der Waals surface area contributed by atoms with Gasteiger partial charge >= 0.3 is 0 Å². The molecule has 1 saturated heterocycles. The number of benzene rings is 1. The van der Waals surface area contributed by atoms with Gasteiger partial charge in [-0.2, -0.15) is 0 Å². The number of halogens is 1. The molecule has 0 aromatic heterocycles. The predicted octanol–water partition coefficient (Wildman–Crippen LogP) is 4.03. The van der Waals surface area contributed by atoms with Crippen LogP contribution in [0.2, 0.25) is 5.02 Å². The number of hydrogen-bond donors (Lipinski definition) is 0. The fraction of sp³-hybridized carbons (Fsp3) is 0.625. The quantitative estimate of drug-likeness (QED) is 0.821. The van der Waals surface area contributed by atoms with Gasteiger partial charge in [0.2, 0.25) is 0 Å². The van der Waals surface area contributed by atoms with Gasteiger partial charge in [-0.05, 0) is 25.0 Å². The van der Waals surface area contributed by atoms with Crippen LogP contribution in [0.1, 0.15) is 32.8 Å². The lowest BCUT2D eigenvalue weighted by Gasteiger charge is -2.39. The minimum absolute atomic E-state index is 0.114. The smallest absolute Gasteiger partial charge is 0.160 e. The molecule has 1 aliphatic rings. The standard InChI is InChI=1S/C16H23ClO3/c1-4-12(2)15-18-10-16(3,11-19-15)20-9-13-7-5-6-8-14(13)17/h5-8,12,15H,4,9-11H2,1-3H3/t12?,15-,16+. The summed E-state index contributed by atoms with van der Waals surface area (Å²) in [6.45, 7) is 7.85. The van der Waals surface area contributed by atoms with Crippen LogP contribution in [0.15, 0.2) is 24.3 Å². The monoisotopic (exact) mass is 298 g/mol. The summed E-state index contributed by atoms with van der Waals surface area (Å²) in [5.74, 6) is 0.406. The maximum Gasteiger partial charge on any atom is 0.160 e. The second kappa shape index (κ2) is 6.90. The molecular formula is C16H23ClO3. The minimum Gasteiger partial charge on any atom is -0.366 e. The average Bonchev–Trinajstić information content (AvgIpc) is 2.46. The summed E-state index contributed by atoms with van der Waals surface area (Å²) >= 11 is 6.13. The van der Waals surface area contributed by atoms with Gasteiger partial charge in [-0.3, -0.25) is 0 Å². The van der Waals surface area contributed by atoms with Crippen LogP contribution in [0.3, 0.4) is 0 Å². The lowest BCUT2D eigenvalue weighted by Crippen LogP contribution is -2.48. The highest BCUT2D eigenvalue weighted by atomic mass is 35.5. The second-order valence-electron chi connectivity index (χ2n) is 5.71. The van der Waals surface area contributed by atoms with Crippen molar-refractivity contribution < 1.29 is 14.2 Å². The summed E-state index contributed by atoms with van der Waals surface area (Å²) in [6, 6.07) is 7.71. The van der Waals surface area contributed by atoms with Crippen LogP contribution in [-0.2, 0) is 20.8 Å². The van der Waals surface area contributed by atoms with E-state index in [1.807, 2.05) is 31.2 Å². The fourth-order valence-electron chi connectivity index (χ4n) is 2.08. The van der Waals surface area contributed by atoms with E-state index in [9.17, 15) is 0 Å². The van der Waals surface area contributed by atoms with Crippen LogP contribution in [0.4, 0.5) is 0 Å². The first kappa shape index (κ1) is 15.8. The maximum absolute atomic E-state index is 6.13. The van der Waals surface area contributed by atoms with Crippen molar-refractivity contribution >= 4 is 11.6 Å². The molecule has 0 N–H and O–H groups in total. The van der Waals surface area contributed by atoms with Crippen LogP contribution >= 0.6 is 11.6 Å². The highest BCUT2D eigenvalue weighted by molar-refractivity contribution is 6.31. The molecule has 0 bridgehead atoms. The lowest BCUT2D eigenvalue weighted by atomic mass is 10.1. The first-order chi connectivity index (χ1) is 9.54. The Hall–Kier alpha value is -0.610. The Kier molecular flexibility index (Phi) is 5.44. The van der Waals surface area contributed by atoms with Crippen LogP contribution < -0.4 is 0 Å². The van der Waals surface area contributed by atoms with Gasteiger partial charge in [0, 0.05) is 10.9 Å². The predicted molar refractivity (Wildman–Crippen MR) is 79.8 cm³/mol. The van der Waals surface area contributed by atoms with Crippen molar-refractivity contribution in [3.63, 3.8) is 0 Å². The third-order valence-corrected chi connectivity index (χ3v) is 4.12. The van der Waals surface area contributed by atoms with Crippen molar-refractivity contribution in [1.29, 1.82) is 0 Å². The summed E-state index contributed by atoms with van der Waals surface area (Å²) in [5.41, 5.74) is 0.572. The molecular weight excluding hydrogens is 276 g/mol. The first-order valence-electron chi connectivity index (χ1n) is 7.14. The Morgan fingerprint density at radius 2 is 2.00 bits per heavy atom. The summed E-state index contributed by atoms with van der Waals surface area (Å²) in [4.78, 5) is 0. The van der Waals surface area contributed by atoms with Gasteiger partial charge in [0.15, 0.2) is 6.29 Å². The normalized spacial score (nSPS) is 28.3. The van der Waals surface area contributed by atoms with Gasteiger partial charge in [-0.1, -0.05) is 43.6 Å². The van der Waals surface area contributed by atoms with Crippen LogP contribution in [0.5, 0.6) is 0 Å². The zero-order valence-corrected chi connectivity index (χ0v) is 13.2. The van der Waals surface area contributed by atoms with E-state index in [2.05, 4.69) is 13.8 Å².